The van der Waals surface area contributed by atoms with Crippen molar-refractivity contribution in [1.29, 1.82) is 5.26 Å². The van der Waals surface area contributed by atoms with E-state index in [9.17, 15) is 36.4 Å². The van der Waals surface area contributed by atoms with E-state index in [-0.39, 0.29) is 50.9 Å². The summed E-state index contributed by atoms with van der Waals surface area (Å²) in [5, 5.41) is 16.5. The van der Waals surface area contributed by atoms with Crippen LogP contribution in [0, 0.1) is 17.2 Å². The fourth-order valence-electron chi connectivity index (χ4n) is 5.48. The number of hydrogen-bond acceptors (Lipinski definition) is 10. The lowest BCUT2D eigenvalue weighted by Crippen LogP contribution is -2.56. The molecule has 234 valence electrons. The second kappa shape index (κ2) is 12.5. The van der Waals surface area contributed by atoms with Crippen molar-refractivity contribution in [2.75, 3.05) is 26.8 Å². The summed E-state index contributed by atoms with van der Waals surface area (Å²) in [6, 6.07) is 5.11. The van der Waals surface area contributed by atoms with Crippen molar-refractivity contribution in [3.63, 3.8) is 0 Å². The molecule has 0 spiro atoms. The molecule has 3 atom stereocenters. The standard InChI is InChI=1S/C27H32F3N5O7S/c1-4-41-25(37)42-35-9-7-26(16-31,8-10-35)33-24(36)20-12-19(13-22(20)40-3)43(38,39)23-6-5-17(11-21(23)27(28,29)30)18-14-32-34(2)15-18/h5-6,11,14-15,19-20,22H,4,7-10,12-13H2,1-3H3,(H,33,36)/t19-,20-,22-/m0/s1. The molecule has 2 aliphatic rings. The zero-order valence-corrected chi connectivity index (χ0v) is 24.6. The van der Waals surface area contributed by atoms with Crippen molar-refractivity contribution >= 4 is 21.9 Å². The van der Waals surface area contributed by atoms with Crippen LogP contribution in [-0.2, 0) is 42.2 Å². The number of aryl methyl sites for hydroxylation is 1. The van der Waals surface area contributed by atoms with Crippen molar-refractivity contribution < 1.29 is 45.5 Å². The van der Waals surface area contributed by atoms with Gasteiger partial charge in [0, 0.05) is 39.0 Å². The Morgan fingerprint density at radius 2 is 1.91 bits per heavy atom. The Bertz CT molecular complexity index is 1500. The predicted molar refractivity (Wildman–Crippen MR) is 144 cm³/mol. The van der Waals surface area contributed by atoms with E-state index in [1.807, 2.05) is 0 Å². The second-order valence-electron chi connectivity index (χ2n) is 10.5. The molecule has 43 heavy (non-hydrogen) atoms. The first kappa shape index (κ1) is 32.2. The number of carbonyl (C=O) groups is 2. The second-order valence-corrected chi connectivity index (χ2v) is 12.7. The summed E-state index contributed by atoms with van der Waals surface area (Å²) in [6.45, 7) is 1.99. The maximum absolute atomic E-state index is 14.1. The third kappa shape index (κ3) is 6.94. The molecule has 2 aromatic rings. The molecule has 0 radical (unpaired) electrons. The SMILES string of the molecule is CCOC(=O)ON1CCC(C#N)(NC(=O)[C@H]2C[C@H](S(=O)(=O)c3ccc(-c4cnn(C)c4)cc3C(F)(F)F)C[C@@H]2OC)CC1. The molecular formula is C27H32F3N5O7S. The largest absolute Gasteiger partial charge is 0.527 e. The van der Waals surface area contributed by atoms with Gasteiger partial charge in [0.05, 0.1) is 46.6 Å². The Labute approximate surface area is 246 Å². The molecule has 2 heterocycles. The molecule has 4 rings (SSSR count). The maximum atomic E-state index is 14.1. The number of alkyl halides is 3. The number of hydroxylamine groups is 2. The zero-order valence-electron chi connectivity index (χ0n) is 23.8. The number of nitrogens with one attached hydrogen (secondary N) is 1. The lowest BCUT2D eigenvalue weighted by atomic mass is 9.88. The zero-order chi connectivity index (χ0) is 31.6. The highest BCUT2D eigenvalue weighted by molar-refractivity contribution is 7.92. The summed E-state index contributed by atoms with van der Waals surface area (Å²) in [6.07, 6.45) is -4.20. The Morgan fingerprint density at radius 1 is 1.21 bits per heavy atom. The molecule has 2 fully saturated rings. The molecule has 1 aromatic carbocycles. The molecule has 1 N–H and O–H groups in total. The first-order valence-corrected chi connectivity index (χ1v) is 15.1. The highest BCUT2D eigenvalue weighted by atomic mass is 32.2. The van der Waals surface area contributed by atoms with E-state index >= 15 is 0 Å². The van der Waals surface area contributed by atoms with Crippen molar-refractivity contribution in [2.24, 2.45) is 13.0 Å². The molecule has 1 aromatic heterocycles. The lowest BCUT2D eigenvalue weighted by Gasteiger charge is -2.37. The molecule has 0 unspecified atom stereocenters. The van der Waals surface area contributed by atoms with Crippen LogP contribution in [-0.4, -0.2) is 79.0 Å². The molecule has 1 saturated carbocycles. The molecular weight excluding hydrogens is 595 g/mol. The summed E-state index contributed by atoms with van der Waals surface area (Å²) >= 11 is 0. The van der Waals surface area contributed by atoms with Gasteiger partial charge in [-0.05, 0) is 50.3 Å². The van der Waals surface area contributed by atoms with Gasteiger partial charge in [0.25, 0.3) is 0 Å². The van der Waals surface area contributed by atoms with Gasteiger partial charge in [-0.15, -0.1) is 5.06 Å². The number of piperidine rings is 1. The van der Waals surface area contributed by atoms with E-state index in [0.717, 1.165) is 12.1 Å². The quantitative estimate of drug-likeness (QED) is 0.432. The van der Waals surface area contributed by atoms with Gasteiger partial charge in [-0.25, -0.2) is 13.2 Å². The van der Waals surface area contributed by atoms with Crippen molar-refractivity contribution in [3.8, 4) is 17.2 Å². The number of sulfone groups is 1. The van der Waals surface area contributed by atoms with Gasteiger partial charge in [-0.1, -0.05) is 6.07 Å². The number of nitriles is 1. The molecule has 0 bridgehead atoms. The summed E-state index contributed by atoms with van der Waals surface area (Å²) < 4.78 is 81.3. The van der Waals surface area contributed by atoms with Crippen molar-refractivity contribution in [3.05, 3.63) is 36.2 Å². The van der Waals surface area contributed by atoms with Crippen LogP contribution in [0.3, 0.4) is 0 Å². The van der Waals surface area contributed by atoms with Gasteiger partial charge in [0.2, 0.25) is 5.91 Å². The normalized spacial score (nSPS) is 22.5. The Hall–Kier alpha value is -3.68. The molecule has 1 aliphatic carbocycles. The van der Waals surface area contributed by atoms with E-state index in [4.69, 9.17) is 14.3 Å². The minimum absolute atomic E-state index is 0.0962. The van der Waals surface area contributed by atoms with E-state index in [1.54, 1.807) is 14.0 Å². The highest BCUT2D eigenvalue weighted by Gasteiger charge is 2.49. The minimum atomic E-state index is -4.97. The number of methoxy groups -OCH3 is 1. The Kier molecular flexibility index (Phi) is 9.38. The van der Waals surface area contributed by atoms with E-state index < -0.39 is 61.3 Å². The number of nitrogens with zero attached hydrogens (tertiary/aromatic N) is 4. The monoisotopic (exact) mass is 627 g/mol. The van der Waals surface area contributed by atoms with Crippen LogP contribution >= 0.6 is 0 Å². The number of rotatable bonds is 8. The molecule has 1 saturated heterocycles. The summed E-state index contributed by atoms with van der Waals surface area (Å²) in [7, 11) is -1.67. The first-order valence-electron chi connectivity index (χ1n) is 13.5. The average molecular weight is 628 g/mol. The highest BCUT2D eigenvalue weighted by Crippen LogP contribution is 2.42. The third-order valence-corrected chi connectivity index (χ3v) is 10.0. The number of carbonyl (C=O) groups excluding carboxylic acids is 2. The molecule has 1 aliphatic heterocycles. The van der Waals surface area contributed by atoms with Crippen LogP contribution < -0.4 is 5.32 Å². The van der Waals surface area contributed by atoms with Gasteiger partial charge in [0.1, 0.15) is 5.54 Å². The predicted octanol–water partition coefficient (Wildman–Crippen LogP) is 3.24. The van der Waals surface area contributed by atoms with Crippen LogP contribution in [0.4, 0.5) is 18.0 Å². The van der Waals surface area contributed by atoms with Crippen LogP contribution in [0.5, 0.6) is 0 Å². The number of halogens is 3. The fourth-order valence-corrected chi connectivity index (χ4v) is 7.48. The van der Waals surface area contributed by atoms with Crippen LogP contribution in [0.25, 0.3) is 11.1 Å². The number of ether oxygens (including phenoxy) is 2. The third-order valence-electron chi connectivity index (χ3n) is 7.79. The summed E-state index contributed by atoms with van der Waals surface area (Å²) in [5.74, 6) is -1.68. The van der Waals surface area contributed by atoms with Gasteiger partial charge in [0.15, 0.2) is 9.84 Å². The fraction of sp³-hybridized carbons (Fsp3) is 0.556. The Morgan fingerprint density at radius 3 is 2.47 bits per heavy atom. The van der Waals surface area contributed by atoms with Crippen molar-refractivity contribution in [1.82, 2.24) is 20.2 Å². The number of amides is 1. The molecule has 12 nitrogen and oxygen atoms in total. The summed E-state index contributed by atoms with van der Waals surface area (Å²) in [5.41, 5.74) is -2.10. The van der Waals surface area contributed by atoms with Gasteiger partial charge in [-0.2, -0.15) is 23.5 Å². The van der Waals surface area contributed by atoms with Crippen LogP contribution in [0.15, 0.2) is 35.5 Å². The Balaban J connectivity index is 1.52. The van der Waals surface area contributed by atoms with Gasteiger partial charge in [-0.3, -0.25) is 9.48 Å². The van der Waals surface area contributed by atoms with Gasteiger partial charge < -0.3 is 19.6 Å². The molecule has 1 amide bonds. The maximum Gasteiger partial charge on any atom is 0.527 e. The van der Waals surface area contributed by atoms with E-state index in [0.29, 0.717) is 5.56 Å². The van der Waals surface area contributed by atoms with Crippen molar-refractivity contribution in [2.45, 2.75) is 60.6 Å². The number of hydrogen-bond donors (Lipinski definition) is 1. The van der Waals surface area contributed by atoms with Crippen LogP contribution in [0.2, 0.25) is 0 Å². The minimum Gasteiger partial charge on any atom is -0.433 e. The van der Waals surface area contributed by atoms with E-state index in [2.05, 4.69) is 16.5 Å². The number of benzene rings is 1. The van der Waals surface area contributed by atoms with E-state index in [1.165, 1.54) is 35.3 Å². The molecule has 16 heteroatoms. The van der Waals surface area contributed by atoms with Gasteiger partial charge >= 0.3 is 12.3 Å². The first-order chi connectivity index (χ1) is 20.2. The van der Waals surface area contributed by atoms with Crippen LogP contribution in [0.1, 0.15) is 38.2 Å². The number of aromatic nitrogens is 2. The smallest absolute Gasteiger partial charge is 0.433 e. The average Bonchev–Trinajstić information content (AvgIpc) is 3.60. The topological polar surface area (TPSA) is 153 Å². The lowest BCUT2D eigenvalue weighted by molar-refractivity contribution is -0.147. The summed E-state index contributed by atoms with van der Waals surface area (Å²) in [4.78, 5) is 29.1.